The molecule has 20 heavy (non-hydrogen) atoms. The molecule has 1 aliphatic rings. The first-order valence-corrected chi connectivity index (χ1v) is 8.43. The van der Waals surface area contributed by atoms with Crippen molar-refractivity contribution in [2.75, 3.05) is 6.54 Å². The Morgan fingerprint density at radius 3 is 2.60 bits per heavy atom. The molecule has 1 aromatic carbocycles. The van der Waals surface area contributed by atoms with Crippen LogP contribution in [0.15, 0.2) is 27.6 Å². The van der Waals surface area contributed by atoms with Crippen LogP contribution >= 0.6 is 15.9 Å². The first-order chi connectivity index (χ1) is 9.13. The summed E-state index contributed by atoms with van der Waals surface area (Å²) in [7, 11) is -3.67. The van der Waals surface area contributed by atoms with E-state index in [1.165, 1.54) is 12.1 Å². The molecule has 110 valence electrons. The molecule has 1 fully saturated rings. The van der Waals surface area contributed by atoms with E-state index in [1.807, 2.05) is 0 Å². The van der Waals surface area contributed by atoms with Gasteiger partial charge in [0.15, 0.2) is 0 Å². The van der Waals surface area contributed by atoms with Crippen LogP contribution in [0.3, 0.4) is 0 Å². The lowest BCUT2D eigenvalue weighted by atomic mass is 10.1. The fourth-order valence-corrected chi connectivity index (χ4v) is 3.58. The van der Waals surface area contributed by atoms with Gasteiger partial charge in [0.25, 0.3) is 0 Å². The SMILES string of the molecule is CC1(C)CC1CNS(=O)(=O)c1ccc(Br)c(C(=O)O)c1. The van der Waals surface area contributed by atoms with E-state index in [2.05, 4.69) is 34.5 Å². The Balaban J connectivity index is 2.17. The zero-order valence-corrected chi connectivity index (χ0v) is 13.6. The second kappa shape index (κ2) is 5.13. The molecule has 5 nitrogen and oxygen atoms in total. The van der Waals surface area contributed by atoms with Gasteiger partial charge >= 0.3 is 5.97 Å². The van der Waals surface area contributed by atoms with Gasteiger partial charge in [-0.3, -0.25) is 0 Å². The Bertz CT molecular complexity index is 654. The molecule has 1 atom stereocenters. The number of carboxylic acid groups (broad SMARTS) is 1. The maximum Gasteiger partial charge on any atom is 0.336 e. The molecule has 0 radical (unpaired) electrons. The molecule has 0 heterocycles. The minimum absolute atomic E-state index is 0.0310. The van der Waals surface area contributed by atoms with Gasteiger partial charge in [0.1, 0.15) is 0 Å². The fraction of sp³-hybridized carbons (Fsp3) is 0.462. The highest BCUT2D eigenvalue weighted by Gasteiger charge is 2.45. The number of sulfonamides is 1. The minimum Gasteiger partial charge on any atom is -0.478 e. The van der Waals surface area contributed by atoms with Crippen LogP contribution in [0, 0.1) is 11.3 Å². The van der Waals surface area contributed by atoms with Crippen LogP contribution < -0.4 is 4.72 Å². The first kappa shape index (κ1) is 15.5. The van der Waals surface area contributed by atoms with E-state index in [0.717, 1.165) is 12.5 Å². The highest BCUT2D eigenvalue weighted by Crippen LogP contribution is 2.51. The number of halogens is 1. The Kier molecular flexibility index (Phi) is 3.96. The van der Waals surface area contributed by atoms with E-state index in [4.69, 9.17) is 5.11 Å². The van der Waals surface area contributed by atoms with Gasteiger partial charge < -0.3 is 5.11 Å². The normalized spacial score (nSPS) is 20.6. The Morgan fingerprint density at radius 1 is 1.50 bits per heavy atom. The van der Waals surface area contributed by atoms with Crippen molar-refractivity contribution >= 4 is 31.9 Å². The van der Waals surface area contributed by atoms with Crippen LogP contribution in [0.4, 0.5) is 0 Å². The average Bonchev–Trinajstić information content (AvgIpc) is 2.95. The summed E-state index contributed by atoms with van der Waals surface area (Å²) in [5, 5.41) is 9.01. The van der Waals surface area contributed by atoms with Crippen LogP contribution in [-0.2, 0) is 10.0 Å². The summed E-state index contributed by atoms with van der Waals surface area (Å²) in [6, 6.07) is 3.97. The summed E-state index contributed by atoms with van der Waals surface area (Å²) < 4.78 is 27.2. The zero-order valence-electron chi connectivity index (χ0n) is 11.2. The molecule has 2 rings (SSSR count). The Hall–Kier alpha value is -0.920. The molecule has 1 unspecified atom stereocenters. The van der Waals surface area contributed by atoms with Gasteiger partial charge in [0.05, 0.1) is 10.5 Å². The topological polar surface area (TPSA) is 83.5 Å². The van der Waals surface area contributed by atoms with Crippen molar-refractivity contribution in [2.24, 2.45) is 11.3 Å². The molecule has 2 N–H and O–H groups in total. The number of benzene rings is 1. The van der Waals surface area contributed by atoms with Crippen LogP contribution in [-0.4, -0.2) is 26.0 Å². The van der Waals surface area contributed by atoms with Gasteiger partial charge in [-0.05, 0) is 51.9 Å². The lowest BCUT2D eigenvalue weighted by molar-refractivity contribution is 0.0695. The maximum atomic E-state index is 12.1. The van der Waals surface area contributed by atoms with Gasteiger partial charge in [-0.1, -0.05) is 13.8 Å². The van der Waals surface area contributed by atoms with E-state index in [0.29, 0.717) is 16.9 Å². The molecule has 1 saturated carbocycles. The predicted molar refractivity (Wildman–Crippen MR) is 78.2 cm³/mol. The number of nitrogens with one attached hydrogen (secondary N) is 1. The molecule has 0 aromatic heterocycles. The number of aromatic carboxylic acids is 1. The third-order valence-corrected chi connectivity index (χ3v) is 5.83. The number of rotatable bonds is 5. The van der Waals surface area contributed by atoms with Crippen LogP contribution in [0.5, 0.6) is 0 Å². The summed E-state index contributed by atoms with van der Waals surface area (Å²) in [4.78, 5) is 11.0. The summed E-state index contributed by atoms with van der Waals surface area (Å²) in [6.45, 7) is 4.57. The number of carbonyl (C=O) groups is 1. The van der Waals surface area contributed by atoms with E-state index < -0.39 is 16.0 Å². The van der Waals surface area contributed by atoms with Crippen LogP contribution in [0.25, 0.3) is 0 Å². The largest absolute Gasteiger partial charge is 0.478 e. The molecule has 7 heteroatoms. The maximum absolute atomic E-state index is 12.1. The molecule has 1 aliphatic carbocycles. The van der Waals surface area contributed by atoms with Gasteiger partial charge in [-0.15, -0.1) is 0 Å². The second-order valence-corrected chi connectivity index (χ2v) is 8.31. The Labute approximate surface area is 126 Å². The average molecular weight is 362 g/mol. The molecule has 0 amide bonds. The van der Waals surface area contributed by atoms with E-state index in [1.54, 1.807) is 0 Å². The van der Waals surface area contributed by atoms with Crippen molar-refractivity contribution in [3.63, 3.8) is 0 Å². The number of carboxylic acids is 1. The van der Waals surface area contributed by atoms with Crippen LogP contribution in [0.2, 0.25) is 0 Å². The molecule has 0 spiro atoms. The predicted octanol–water partition coefficient (Wildman–Crippen LogP) is 2.47. The third-order valence-electron chi connectivity index (χ3n) is 3.72. The summed E-state index contributed by atoms with van der Waals surface area (Å²) >= 11 is 3.09. The quantitative estimate of drug-likeness (QED) is 0.843. The van der Waals surface area contributed by atoms with Crippen molar-refractivity contribution in [1.29, 1.82) is 0 Å². The fourth-order valence-electron chi connectivity index (χ4n) is 2.05. The minimum atomic E-state index is -3.67. The highest BCUT2D eigenvalue weighted by atomic mass is 79.9. The lowest BCUT2D eigenvalue weighted by Crippen LogP contribution is -2.27. The van der Waals surface area contributed by atoms with Crippen molar-refractivity contribution in [3.8, 4) is 0 Å². The van der Waals surface area contributed by atoms with E-state index in [-0.39, 0.29) is 15.9 Å². The van der Waals surface area contributed by atoms with Gasteiger partial charge in [-0.25, -0.2) is 17.9 Å². The van der Waals surface area contributed by atoms with E-state index in [9.17, 15) is 13.2 Å². The second-order valence-electron chi connectivity index (χ2n) is 5.69. The summed E-state index contributed by atoms with van der Waals surface area (Å²) in [6.07, 6.45) is 0.996. The monoisotopic (exact) mass is 361 g/mol. The molecular weight excluding hydrogens is 346 g/mol. The zero-order chi connectivity index (χ0) is 15.1. The number of hydrogen-bond acceptors (Lipinski definition) is 3. The summed E-state index contributed by atoms with van der Waals surface area (Å²) in [5.74, 6) is -0.830. The smallest absolute Gasteiger partial charge is 0.336 e. The Morgan fingerprint density at radius 2 is 2.10 bits per heavy atom. The van der Waals surface area contributed by atoms with Crippen molar-refractivity contribution in [2.45, 2.75) is 25.2 Å². The third kappa shape index (κ3) is 3.21. The van der Waals surface area contributed by atoms with Crippen molar-refractivity contribution in [3.05, 3.63) is 28.2 Å². The van der Waals surface area contributed by atoms with E-state index >= 15 is 0 Å². The molecule has 0 saturated heterocycles. The molecule has 1 aromatic rings. The standard InChI is InChI=1S/C13H16BrNO4S/c1-13(2)6-8(13)7-15-20(18,19)9-3-4-11(14)10(5-9)12(16)17/h3-5,8,15H,6-7H2,1-2H3,(H,16,17). The van der Waals surface area contributed by atoms with Gasteiger partial charge in [0.2, 0.25) is 10.0 Å². The lowest BCUT2D eigenvalue weighted by Gasteiger charge is -2.09. The van der Waals surface area contributed by atoms with Gasteiger partial charge in [0, 0.05) is 11.0 Å². The molecule has 0 aliphatic heterocycles. The van der Waals surface area contributed by atoms with Crippen molar-refractivity contribution < 1.29 is 18.3 Å². The first-order valence-electron chi connectivity index (χ1n) is 6.16. The number of hydrogen-bond donors (Lipinski definition) is 2. The molecular formula is C13H16BrNO4S. The van der Waals surface area contributed by atoms with Crippen molar-refractivity contribution in [1.82, 2.24) is 4.72 Å². The summed E-state index contributed by atoms with van der Waals surface area (Å²) in [5.41, 5.74) is 0.119. The van der Waals surface area contributed by atoms with Gasteiger partial charge in [-0.2, -0.15) is 0 Å². The highest BCUT2D eigenvalue weighted by molar-refractivity contribution is 9.10. The van der Waals surface area contributed by atoms with Crippen LogP contribution in [0.1, 0.15) is 30.6 Å². The molecule has 0 bridgehead atoms.